The molecule has 0 saturated heterocycles. The van der Waals surface area contributed by atoms with Gasteiger partial charge in [-0.1, -0.05) is 31.4 Å². The summed E-state index contributed by atoms with van der Waals surface area (Å²) in [5.41, 5.74) is 0. The number of allylic oxidation sites excluding steroid dienone is 2. The van der Waals surface area contributed by atoms with Crippen LogP contribution in [0.2, 0.25) is 0 Å². The molecular weight excluding hydrogens is 157 g/mol. The fourth-order valence-electron chi connectivity index (χ4n) is 2.40. The lowest BCUT2D eigenvalue weighted by Gasteiger charge is -2.36. The highest BCUT2D eigenvalue weighted by molar-refractivity contribution is 6.05. The molecule has 0 N–H and O–H groups in total. The van der Waals surface area contributed by atoms with E-state index in [1.54, 1.807) is 0 Å². The van der Waals surface area contributed by atoms with E-state index in [9.17, 15) is 0 Å². The first-order valence-corrected chi connectivity index (χ1v) is 5.26. The third-order valence-electron chi connectivity index (χ3n) is 3.15. The quantitative estimate of drug-likeness (QED) is 0.550. The maximum atomic E-state index is 5.91. The fourth-order valence-corrected chi connectivity index (χ4v) is 2.40. The predicted molar refractivity (Wildman–Crippen MR) is 56.2 cm³/mol. The smallest absolute Gasteiger partial charge is 0.226 e. The Kier molecular flexibility index (Phi) is 2.77. The molecule has 68 valence electrons. The average Bonchev–Trinajstić information content (AvgIpc) is 2.20. The lowest BCUT2D eigenvalue weighted by molar-refractivity contribution is 0.264. The molecule has 1 aliphatic carbocycles. The molecule has 1 nitrogen and oxygen atoms in total. The van der Waals surface area contributed by atoms with Gasteiger partial charge in [0.05, 0.1) is 0 Å². The minimum absolute atomic E-state index is 0.449. The Labute approximate surface area is 81.9 Å². The second-order valence-corrected chi connectivity index (χ2v) is 4.06. The summed E-state index contributed by atoms with van der Waals surface area (Å²) in [6.45, 7) is 0. The zero-order valence-corrected chi connectivity index (χ0v) is 8.02. The molecule has 1 atom stereocenters. The molecule has 1 saturated carbocycles. The van der Waals surface area contributed by atoms with Crippen molar-refractivity contribution in [3.63, 3.8) is 0 Å². The van der Waals surface area contributed by atoms with Crippen LogP contribution in [0, 0.1) is 5.92 Å². The van der Waals surface area contributed by atoms with Crippen LogP contribution in [0.15, 0.2) is 24.4 Å². The Balaban J connectivity index is 1.98. The van der Waals surface area contributed by atoms with E-state index in [2.05, 4.69) is 12.2 Å². The van der Waals surface area contributed by atoms with E-state index in [-0.39, 0.29) is 0 Å². The molecule has 0 bridgehead atoms. The van der Waals surface area contributed by atoms with Crippen molar-refractivity contribution < 1.29 is 0 Å². The summed E-state index contributed by atoms with van der Waals surface area (Å²) in [6.07, 6.45) is 15.2. The predicted octanol–water partition coefficient (Wildman–Crippen LogP) is 2.40. The average molecular weight is 173 g/mol. The SMILES string of the molecule is [B]N1C=CC=CC1C1CCCCC1. The first-order valence-electron chi connectivity index (χ1n) is 5.26. The summed E-state index contributed by atoms with van der Waals surface area (Å²) < 4.78 is 0. The van der Waals surface area contributed by atoms with Crippen LogP contribution in [0.1, 0.15) is 32.1 Å². The first-order chi connectivity index (χ1) is 6.38. The number of hydrogen-bond acceptors (Lipinski definition) is 1. The molecule has 0 spiro atoms. The van der Waals surface area contributed by atoms with Crippen LogP contribution in [0.5, 0.6) is 0 Å². The largest absolute Gasteiger partial charge is 0.425 e. The maximum Gasteiger partial charge on any atom is 0.226 e. The molecule has 0 aromatic rings. The van der Waals surface area contributed by atoms with Gasteiger partial charge in [0.2, 0.25) is 7.98 Å². The second-order valence-electron chi connectivity index (χ2n) is 4.06. The summed E-state index contributed by atoms with van der Waals surface area (Å²) in [5.74, 6) is 0.778. The van der Waals surface area contributed by atoms with Crippen LogP contribution < -0.4 is 0 Å². The molecule has 1 unspecified atom stereocenters. The summed E-state index contributed by atoms with van der Waals surface area (Å²) in [4.78, 5) is 1.86. The third-order valence-corrected chi connectivity index (χ3v) is 3.15. The highest BCUT2D eigenvalue weighted by Gasteiger charge is 2.23. The van der Waals surface area contributed by atoms with Crippen LogP contribution in [0.4, 0.5) is 0 Å². The van der Waals surface area contributed by atoms with Gasteiger partial charge in [-0.3, -0.25) is 0 Å². The molecule has 2 rings (SSSR count). The van der Waals surface area contributed by atoms with E-state index in [0.717, 1.165) is 5.92 Å². The molecule has 1 fully saturated rings. The molecule has 2 heteroatoms. The van der Waals surface area contributed by atoms with Crippen molar-refractivity contribution >= 4 is 7.98 Å². The molecule has 1 aliphatic heterocycles. The third kappa shape index (κ3) is 1.98. The van der Waals surface area contributed by atoms with Crippen molar-refractivity contribution in [2.24, 2.45) is 5.92 Å². The van der Waals surface area contributed by atoms with Crippen molar-refractivity contribution in [1.82, 2.24) is 4.81 Å². The van der Waals surface area contributed by atoms with Crippen molar-refractivity contribution in [2.75, 3.05) is 0 Å². The molecule has 2 aliphatic rings. The van der Waals surface area contributed by atoms with E-state index >= 15 is 0 Å². The number of hydrogen-bond donors (Lipinski definition) is 0. The van der Waals surface area contributed by atoms with Gasteiger partial charge in [-0.2, -0.15) is 0 Å². The Morgan fingerprint density at radius 2 is 1.85 bits per heavy atom. The van der Waals surface area contributed by atoms with Gasteiger partial charge >= 0.3 is 0 Å². The Bertz CT molecular complexity index is 216. The van der Waals surface area contributed by atoms with Crippen LogP contribution in [0.25, 0.3) is 0 Å². The lowest BCUT2D eigenvalue weighted by Crippen LogP contribution is -2.36. The van der Waals surface area contributed by atoms with Gasteiger partial charge in [0, 0.05) is 6.04 Å². The van der Waals surface area contributed by atoms with E-state index in [0.29, 0.717) is 6.04 Å². The zero-order valence-electron chi connectivity index (χ0n) is 8.02. The van der Waals surface area contributed by atoms with Gasteiger partial charge in [-0.15, -0.1) is 0 Å². The van der Waals surface area contributed by atoms with Crippen LogP contribution >= 0.6 is 0 Å². The van der Waals surface area contributed by atoms with E-state index < -0.39 is 0 Å². The molecule has 1 heterocycles. The first kappa shape index (κ1) is 8.92. The second kappa shape index (κ2) is 4.04. The molecule has 13 heavy (non-hydrogen) atoms. The van der Waals surface area contributed by atoms with Crippen LogP contribution in [0.3, 0.4) is 0 Å². The molecule has 0 amide bonds. The maximum absolute atomic E-state index is 5.91. The summed E-state index contributed by atoms with van der Waals surface area (Å²) in [7, 11) is 5.91. The van der Waals surface area contributed by atoms with E-state index in [1.165, 1.54) is 32.1 Å². The van der Waals surface area contributed by atoms with Gasteiger partial charge in [-0.05, 0) is 31.0 Å². The Morgan fingerprint density at radius 1 is 1.08 bits per heavy atom. The molecule has 0 aromatic carbocycles. The van der Waals surface area contributed by atoms with Gasteiger partial charge in [0.1, 0.15) is 0 Å². The van der Waals surface area contributed by atoms with E-state index in [1.807, 2.05) is 17.1 Å². The lowest BCUT2D eigenvalue weighted by atomic mass is 9.82. The van der Waals surface area contributed by atoms with Crippen LogP contribution in [-0.2, 0) is 0 Å². The normalized spacial score (nSPS) is 29.5. The molecule has 2 radical (unpaired) electrons. The van der Waals surface area contributed by atoms with E-state index in [4.69, 9.17) is 7.98 Å². The zero-order chi connectivity index (χ0) is 9.10. The Hall–Kier alpha value is -0.655. The highest BCUT2D eigenvalue weighted by atomic mass is 15.0. The molecular formula is C11H16BN. The van der Waals surface area contributed by atoms with Gasteiger partial charge < -0.3 is 4.81 Å². The van der Waals surface area contributed by atoms with Gasteiger partial charge in [0.25, 0.3) is 0 Å². The number of nitrogens with zero attached hydrogens (tertiary/aromatic N) is 1. The summed E-state index contributed by atoms with van der Waals surface area (Å²) in [6, 6.07) is 0.449. The van der Waals surface area contributed by atoms with Crippen LogP contribution in [-0.4, -0.2) is 18.8 Å². The summed E-state index contributed by atoms with van der Waals surface area (Å²) in [5, 5.41) is 0. The topological polar surface area (TPSA) is 3.24 Å². The summed E-state index contributed by atoms with van der Waals surface area (Å²) >= 11 is 0. The fraction of sp³-hybridized carbons (Fsp3) is 0.636. The minimum Gasteiger partial charge on any atom is -0.425 e. The highest BCUT2D eigenvalue weighted by Crippen LogP contribution is 2.30. The van der Waals surface area contributed by atoms with Crippen molar-refractivity contribution in [1.29, 1.82) is 0 Å². The van der Waals surface area contributed by atoms with Crippen molar-refractivity contribution in [3.05, 3.63) is 24.4 Å². The van der Waals surface area contributed by atoms with Gasteiger partial charge in [-0.25, -0.2) is 0 Å². The van der Waals surface area contributed by atoms with Crippen molar-refractivity contribution in [3.8, 4) is 0 Å². The minimum atomic E-state index is 0.449. The standard InChI is InChI=1S/C11H16BN/c12-13-9-5-4-8-11(13)10-6-2-1-3-7-10/h4-5,8-11H,1-3,6-7H2. The Morgan fingerprint density at radius 3 is 2.54 bits per heavy atom. The monoisotopic (exact) mass is 173 g/mol. The van der Waals surface area contributed by atoms with Gasteiger partial charge in [0.15, 0.2) is 0 Å². The molecule has 0 aromatic heterocycles. The van der Waals surface area contributed by atoms with Crippen molar-refractivity contribution in [2.45, 2.75) is 38.1 Å². The number of rotatable bonds is 1.